The lowest BCUT2D eigenvalue weighted by Crippen LogP contribution is -2.38. The smallest absolute Gasteiger partial charge is 0.330 e. The second-order valence-electron chi connectivity index (χ2n) is 11.3. The molecule has 1 aromatic heterocycles. The predicted molar refractivity (Wildman–Crippen MR) is 179 cm³/mol. The number of hydrogen-bond donors (Lipinski definition) is 3. The number of aromatic amines is 1. The topological polar surface area (TPSA) is 141 Å². The minimum atomic E-state index is -1.13. The van der Waals surface area contributed by atoms with E-state index in [0.29, 0.717) is 24.3 Å². The molecule has 3 aromatic carbocycles. The number of nitrogens with one attached hydrogen (secondary N) is 2. The maximum Gasteiger partial charge on any atom is 0.330 e. The second-order valence-corrected chi connectivity index (χ2v) is 11.3. The first-order chi connectivity index (χ1) is 23.3. The first-order valence-corrected chi connectivity index (χ1v) is 15.7. The summed E-state index contributed by atoms with van der Waals surface area (Å²) in [6.07, 6.45) is -0.231. The molecule has 0 bridgehead atoms. The van der Waals surface area contributed by atoms with Crippen LogP contribution in [-0.2, 0) is 19.9 Å². The molecule has 11 nitrogen and oxygen atoms in total. The number of amides is 1. The molecule has 250 valence electrons. The lowest BCUT2D eigenvalue weighted by Gasteiger charge is -2.37. The van der Waals surface area contributed by atoms with Gasteiger partial charge in [0.05, 0.1) is 33.5 Å². The third kappa shape index (κ3) is 7.52. The van der Waals surface area contributed by atoms with E-state index in [9.17, 15) is 19.5 Å². The van der Waals surface area contributed by atoms with Crippen LogP contribution in [0.2, 0.25) is 0 Å². The van der Waals surface area contributed by atoms with Crippen molar-refractivity contribution in [3.8, 4) is 23.3 Å². The Morgan fingerprint density at radius 3 is 2.17 bits per heavy atom. The third-order valence-electron chi connectivity index (χ3n) is 8.19. The van der Waals surface area contributed by atoms with Crippen molar-refractivity contribution >= 4 is 5.91 Å². The molecule has 1 aliphatic rings. The number of H-pyrrole nitrogens is 1. The van der Waals surface area contributed by atoms with Crippen molar-refractivity contribution in [2.45, 2.75) is 50.2 Å². The first kappa shape index (κ1) is 34.2. The van der Waals surface area contributed by atoms with Gasteiger partial charge in [0.1, 0.15) is 35.0 Å². The van der Waals surface area contributed by atoms with Gasteiger partial charge in [0.15, 0.2) is 0 Å². The van der Waals surface area contributed by atoms with E-state index < -0.39 is 35.3 Å². The van der Waals surface area contributed by atoms with Crippen molar-refractivity contribution in [1.82, 2.24) is 14.9 Å². The fraction of sp³-hybridized carbons (Fsp3) is 0.324. The summed E-state index contributed by atoms with van der Waals surface area (Å²) in [4.78, 5) is 39.3. The molecule has 48 heavy (non-hydrogen) atoms. The van der Waals surface area contributed by atoms with Crippen molar-refractivity contribution in [1.29, 1.82) is 0 Å². The summed E-state index contributed by atoms with van der Waals surface area (Å²) in [7, 11) is 3.21. The zero-order chi connectivity index (χ0) is 34.1. The number of methoxy groups -OCH3 is 2. The summed E-state index contributed by atoms with van der Waals surface area (Å²) in [6.45, 7) is 1.90. The Morgan fingerprint density at radius 2 is 1.58 bits per heavy atom. The van der Waals surface area contributed by atoms with E-state index in [1.54, 1.807) is 14.2 Å². The van der Waals surface area contributed by atoms with E-state index in [4.69, 9.17) is 18.9 Å². The van der Waals surface area contributed by atoms with Crippen molar-refractivity contribution < 1.29 is 28.8 Å². The van der Waals surface area contributed by atoms with Crippen LogP contribution in [0.25, 0.3) is 0 Å². The normalized spacial score (nSPS) is 17.3. The Morgan fingerprint density at radius 1 is 0.979 bits per heavy atom. The molecular formula is C37H39N3O8. The van der Waals surface area contributed by atoms with Crippen molar-refractivity contribution in [2.75, 3.05) is 27.4 Å². The molecule has 0 spiro atoms. The summed E-state index contributed by atoms with van der Waals surface area (Å²) >= 11 is 0. The van der Waals surface area contributed by atoms with E-state index >= 15 is 0 Å². The molecule has 4 aromatic rings. The summed E-state index contributed by atoms with van der Waals surface area (Å²) in [6, 6.07) is 24.9. The number of aliphatic hydroxyl groups is 1. The van der Waals surface area contributed by atoms with Crippen LogP contribution in [-0.4, -0.2) is 60.1 Å². The van der Waals surface area contributed by atoms with Crippen LogP contribution in [0.5, 0.6) is 11.5 Å². The minimum absolute atomic E-state index is 0.0271. The van der Waals surface area contributed by atoms with E-state index in [2.05, 4.69) is 22.1 Å². The van der Waals surface area contributed by atoms with Crippen LogP contribution in [0, 0.1) is 11.8 Å². The second kappa shape index (κ2) is 15.6. The van der Waals surface area contributed by atoms with Crippen LogP contribution in [0.15, 0.2) is 94.6 Å². The summed E-state index contributed by atoms with van der Waals surface area (Å²) in [5.74, 6) is 6.69. The molecule has 3 N–H and O–H groups in total. The van der Waals surface area contributed by atoms with Crippen LogP contribution >= 0.6 is 0 Å². The summed E-state index contributed by atoms with van der Waals surface area (Å²) in [5.41, 5.74) is 0.00805. The van der Waals surface area contributed by atoms with Gasteiger partial charge in [-0.05, 0) is 47.4 Å². The number of ether oxygens (including phenoxy) is 4. The van der Waals surface area contributed by atoms with E-state index in [-0.39, 0.29) is 31.0 Å². The molecule has 11 heteroatoms. The number of carbonyl (C=O) groups excluding carboxylic acids is 1. The molecule has 0 saturated carbocycles. The zero-order valence-electron chi connectivity index (χ0n) is 27.1. The Labute approximate surface area is 278 Å². The fourth-order valence-electron chi connectivity index (χ4n) is 5.70. The number of nitrogens with zero attached hydrogens (tertiary/aromatic N) is 1. The molecule has 0 aliphatic carbocycles. The third-order valence-corrected chi connectivity index (χ3v) is 8.19. The SMILES string of the molecule is CCCC(=O)NCC#Cc1cn(C2CC(O)C(COC(c3ccccc3)(c3ccc(OC)cc3)c3ccc(OC)cc3)O2)c(=O)[nH]c1=O. The standard InChI is InChI=1S/C37H39N3O8/c1-4-9-33(42)38-21-8-10-25-23-40(36(44)39-35(25)43)34-22-31(41)32(48-34)24-47-37(26-11-6-5-7-12-26,27-13-17-29(45-2)18-14-27)28-15-19-30(46-3)20-16-28/h5-7,11-20,23,31-32,34,41H,4,9,21-22,24H2,1-3H3,(H,38,42)(H,39,43,44). The highest BCUT2D eigenvalue weighted by atomic mass is 16.6. The molecule has 3 unspecified atom stereocenters. The molecule has 1 aliphatic heterocycles. The number of rotatable bonds is 12. The lowest BCUT2D eigenvalue weighted by molar-refractivity contribution is -0.120. The molecular weight excluding hydrogens is 614 g/mol. The average molecular weight is 654 g/mol. The van der Waals surface area contributed by atoms with Crippen LogP contribution < -0.4 is 26.0 Å². The van der Waals surface area contributed by atoms with Crippen LogP contribution in [0.1, 0.15) is 54.7 Å². The predicted octanol–water partition coefficient (Wildman–Crippen LogP) is 3.48. The number of aliphatic hydroxyl groups excluding tert-OH is 1. The zero-order valence-corrected chi connectivity index (χ0v) is 27.1. The van der Waals surface area contributed by atoms with Gasteiger partial charge in [-0.15, -0.1) is 0 Å². The Kier molecular flexibility index (Phi) is 11.1. The summed E-state index contributed by atoms with van der Waals surface area (Å²) in [5, 5.41) is 13.8. The monoisotopic (exact) mass is 653 g/mol. The number of carbonyl (C=O) groups is 1. The highest BCUT2D eigenvalue weighted by molar-refractivity contribution is 5.76. The molecule has 5 rings (SSSR count). The maximum absolute atomic E-state index is 12.8. The molecule has 1 amide bonds. The van der Waals surface area contributed by atoms with Gasteiger partial charge < -0.3 is 29.4 Å². The summed E-state index contributed by atoms with van der Waals surface area (Å²) < 4.78 is 25.1. The molecule has 2 heterocycles. The Balaban J connectivity index is 1.44. The maximum atomic E-state index is 12.8. The Hall–Kier alpha value is -5.15. The largest absolute Gasteiger partial charge is 0.497 e. The highest BCUT2D eigenvalue weighted by Crippen LogP contribution is 2.42. The van der Waals surface area contributed by atoms with Gasteiger partial charge in [-0.1, -0.05) is 73.4 Å². The number of aromatic nitrogens is 2. The van der Waals surface area contributed by atoms with E-state index in [1.165, 1.54) is 10.8 Å². The highest BCUT2D eigenvalue weighted by Gasteiger charge is 2.42. The van der Waals surface area contributed by atoms with Gasteiger partial charge >= 0.3 is 5.69 Å². The van der Waals surface area contributed by atoms with Crippen molar-refractivity contribution in [3.05, 3.63) is 128 Å². The molecule has 0 radical (unpaired) electrons. The molecule has 3 atom stereocenters. The van der Waals surface area contributed by atoms with Gasteiger partial charge in [0.25, 0.3) is 5.56 Å². The van der Waals surface area contributed by atoms with Crippen LogP contribution in [0.3, 0.4) is 0 Å². The van der Waals surface area contributed by atoms with Crippen LogP contribution in [0.4, 0.5) is 0 Å². The number of hydrogen-bond acceptors (Lipinski definition) is 8. The van der Waals surface area contributed by atoms with E-state index in [0.717, 1.165) is 16.7 Å². The van der Waals surface area contributed by atoms with Gasteiger partial charge in [-0.25, -0.2) is 4.79 Å². The molecule has 1 fully saturated rings. The first-order valence-electron chi connectivity index (χ1n) is 15.7. The average Bonchev–Trinajstić information content (AvgIpc) is 3.48. The Bertz CT molecular complexity index is 1810. The van der Waals surface area contributed by atoms with Gasteiger partial charge in [0, 0.05) is 19.0 Å². The van der Waals surface area contributed by atoms with Gasteiger partial charge in [-0.3, -0.25) is 19.1 Å². The van der Waals surface area contributed by atoms with Gasteiger partial charge in [-0.2, -0.15) is 0 Å². The quantitative estimate of drug-likeness (QED) is 0.156. The van der Waals surface area contributed by atoms with Crippen molar-refractivity contribution in [3.63, 3.8) is 0 Å². The van der Waals surface area contributed by atoms with Gasteiger partial charge in [0.2, 0.25) is 5.91 Å². The van der Waals surface area contributed by atoms with Crippen molar-refractivity contribution in [2.24, 2.45) is 0 Å². The fourth-order valence-corrected chi connectivity index (χ4v) is 5.70. The number of benzene rings is 3. The van der Waals surface area contributed by atoms with E-state index in [1.807, 2.05) is 85.8 Å². The minimum Gasteiger partial charge on any atom is -0.497 e. The molecule has 1 saturated heterocycles. The lowest BCUT2D eigenvalue weighted by atomic mass is 9.80.